The molecule has 5 rings (SSSR count). The van der Waals surface area contributed by atoms with Crippen LogP contribution in [0.5, 0.6) is 5.75 Å². The fraction of sp³-hybridized carbons (Fsp3) is 0.333. The minimum atomic E-state index is -4.01. The van der Waals surface area contributed by atoms with Crippen LogP contribution in [-0.4, -0.2) is 72.1 Å². The summed E-state index contributed by atoms with van der Waals surface area (Å²) in [7, 11) is -2.30. The van der Waals surface area contributed by atoms with Crippen molar-refractivity contribution >= 4 is 44.8 Å². The minimum absolute atomic E-state index is 0.0281. The van der Waals surface area contributed by atoms with E-state index >= 15 is 0 Å². The Morgan fingerprint density at radius 3 is 2.66 bits per heavy atom. The van der Waals surface area contributed by atoms with Gasteiger partial charge in [0, 0.05) is 24.8 Å². The van der Waals surface area contributed by atoms with E-state index in [1.807, 2.05) is 19.9 Å². The standard InChI is InChI=1S/C30H31ClN8O4S/c1-5-7-25-27-28(38(4)35-25)30(40)34-29(33-27)22-15-21(10-11-26(22)43-6-2)44(41,42)37-18(3)17-39-13-12-24(36-39)19-8-9-20(16-32)23(31)14-19/h8-15,18,28,37H,5-7,17H2,1-4H3/t18-,28?/m0/s1. The molecule has 228 valence electrons. The first kappa shape index (κ1) is 31.1. The maximum Gasteiger partial charge on any atom is 0.278 e. The number of aromatic nitrogens is 2. The van der Waals surface area contributed by atoms with E-state index in [-0.39, 0.29) is 17.3 Å². The minimum Gasteiger partial charge on any atom is -0.493 e. The van der Waals surface area contributed by atoms with Gasteiger partial charge in [0.15, 0.2) is 11.9 Å². The van der Waals surface area contributed by atoms with Crippen molar-refractivity contribution in [3.8, 4) is 23.1 Å². The van der Waals surface area contributed by atoms with E-state index in [0.29, 0.717) is 52.0 Å². The second-order valence-electron chi connectivity index (χ2n) is 10.4. The summed E-state index contributed by atoms with van der Waals surface area (Å²) in [6, 6.07) is 12.0. The van der Waals surface area contributed by atoms with E-state index in [4.69, 9.17) is 21.6 Å². The third-order valence-corrected chi connectivity index (χ3v) is 8.92. The number of nitrogens with one attached hydrogen (secondary N) is 1. The number of benzene rings is 2. The first-order valence-electron chi connectivity index (χ1n) is 14.1. The van der Waals surface area contributed by atoms with Crippen molar-refractivity contribution in [1.82, 2.24) is 19.5 Å². The molecule has 44 heavy (non-hydrogen) atoms. The van der Waals surface area contributed by atoms with Crippen LogP contribution in [0.4, 0.5) is 0 Å². The highest BCUT2D eigenvalue weighted by molar-refractivity contribution is 7.89. The van der Waals surface area contributed by atoms with Gasteiger partial charge in [-0.3, -0.25) is 14.5 Å². The number of amides is 1. The topological polar surface area (TPSA) is 154 Å². The average Bonchev–Trinajstić information content (AvgIpc) is 3.57. The number of nitrogens with zero attached hydrogens (tertiary/aromatic N) is 7. The van der Waals surface area contributed by atoms with Crippen molar-refractivity contribution < 1.29 is 17.9 Å². The van der Waals surface area contributed by atoms with Gasteiger partial charge in [0.2, 0.25) is 10.0 Å². The molecule has 12 nitrogen and oxygen atoms in total. The Balaban J connectivity index is 1.37. The van der Waals surface area contributed by atoms with Crippen molar-refractivity contribution in [3.05, 3.63) is 64.8 Å². The fourth-order valence-electron chi connectivity index (χ4n) is 5.04. The third kappa shape index (κ3) is 6.28. The summed E-state index contributed by atoms with van der Waals surface area (Å²) in [6.45, 7) is 6.12. The Bertz CT molecular complexity index is 1860. The molecule has 0 bridgehead atoms. The van der Waals surface area contributed by atoms with Gasteiger partial charge in [-0.1, -0.05) is 31.0 Å². The van der Waals surface area contributed by atoms with Crippen molar-refractivity contribution in [2.75, 3.05) is 13.7 Å². The van der Waals surface area contributed by atoms with E-state index in [1.54, 1.807) is 60.2 Å². The smallest absolute Gasteiger partial charge is 0.278 e. The largest absolute Gasteiger partial charge is 0.493 e. The lowest BCUT2D eigenvalue weighted by Gasteiger charge is -2.21. The zero-order chi connectivity index (χ0) is 31.6. The van der Waals surface area contributed by atoms with Crippen LogP contribution in [0.25, 0.3) is 11.3 Å². The predicted octanol–water partition coefficient (Wildman–Crippen LogP) is 4.04. The molecule has 0 saturated carbocycles. The highest BCUT2D eigenvalue weighted by Crippen LogP contribution is 2.28. The molecule has 0 saturated heterocycles. The Morgan fingerprint density at radius 1 is 1.16 bits per heavy atom. The highest BCUT2D eigenvalue weighted by Gasteiger charge is 2.40. The summed E-state index contributed by atoms with van der Waals surface area (Å²) < 4.78 is 37.1. The first-order valence-corrected chi connectivity index (χ1v) is 16.0. The fourth-order valence-corrected chi connectivity index (χ4v) is 6.53. The van der Waals surface area contributed by atoms with Crippen LogP contribution in [0.15, 0.2) is 68.6 Å². The maximum atomic E-state index is 13.5. The van der Waals surface area contributed by atoms with Gasteiger partial charge in [0.25, 0.3) is 5.91 Å². The normalized spacial score (nSPS) is 17.0. The molecule has 0 spiro atoms. The maximum absolute atomic E-state index is 13.5. The summed E-state index contributed by atoms with van der Waals surface area (Å²) in [5.74, 6) is 0.0220. The quantitative estimate of drug-likeness (QED) is 0.334. The molecular weight excluding hydrogens is 604 g/mol. The summed E-state index contributed by atoms with van der Waals surface area (Å²) >= 11 is 6.17. The SMILES string of the molecule is CCCC1=NN(C)C2C(=O)N=C(c3cc(S(=O)(=O)N[C@@H](C)Cn4ccc(-c5ccc(C#N)c(Cl)c5)n4)ccc3OCC)N=C12. The van der Waals surface area contributed by atoms with Crippen LogP contribution >= 0.6 is 11.6 Å². The van der Waals surface area contributed by atoms with Crippen LogP contribution in [0, 0.1) is 11.3 Å². The number of ether oxygens (including phenoxy) is 1. The van der Waals surface area contributed by atoms with Gasteiger partial charge in [-0.05, 0) is 56.7 Å². The molecule has 14 heteroatoms. The summed E-state index contributed by atoms with van der Waals surface area (Å²) in [6.07, 6.45) is 3.21. The van der Waals surface area contributed by atoms with Gasteiger partial charge >= 0.3 is 0 Å². The monoisotopic (exact) mass is 634 g/mol. The Labute approximate surface area is 260 Å². The molecule has 2 atom stereocenters. The molecule has 2 aromatic carbocycles. The molecule has 3 aromatic rings. The van der Waals surface area contributed by atoms with E-state index < -0.39 is 28.0 Å². The van der Waals surface area contributed by atoms with Crippen molar-refractivity contribution in [2.24, 2.45) is 15.1 Å². The number of rotatable bonds is 11. The number of carbonyl (C=O) groups excluding carboxylic acids is 1. The van der Waals surface area contributed by atoms with Crippen molar-refractivity contribution in [3.63, 3.8) is 0 Å². The third-order valence-electron chi connectivity index (χ3n) is 7.02. The van der Waals surface area contributed by atoms with Crippen LogP contribution in [0.1, 0.15) is 44.7 Å². The Kier molecular flexibility index (Phi) is 8.96. The molecule has 2 aliphatic rings. The van der Waals surface area contributed by atoms with Gasteiger partial charge in [-0.25, -0.2) is 18.1 Å². The van der Waals surface area contributed by atoms with Gasteiger partial charge in [0.1, 0.15) is 17.5 Å². The summed E-state index contributed by atoms with van der Waals surface area (Å²) in [5, 5.41) is 20.0. The van der Waals surface area contributed by atoms with E-state index in [9.17, 15) is 13.2 Å². The lowest BCUT2D eigenvalue weighted by molar-refractivity contribution is -0.120. The van der Waals surface area contributed by atoms with Gasteiger partial charge in [-0.2, -0.15) is 20.5 Å². The van der Waals surface area contributed by atoms with Crippen LogP contribution in [-0.2, 0) is 21.4 Å². The number of hydrogen-bond donors (Lipinski definition) is 1. The number of carbonyl (C=O) groups is 1. The van der Waals surface area contributed by atoms with Crippen LogP contribution in [0.2, 0.25) is 5.02 Å². The molecular formula is C30H31ClN8O4S. The molecule has 2 aliphatic heterocycles. The predicted molar refractivity (Wildman–Crippen MR) is 168 cm³/mol. The first-order chi connectivity index (χ1) is 21.0. The number of sulfonamides is 1. The van der Waals surface area contributed by atoms with Gasteiger partial charge in [0.05, 0.1) is 45.6 Å². The molecule has 3 heterocycles. The number of aliphatic imine (C=N–C) groups is 2. The molecule has 1 amide bonds. The van der Waals surface area contributed by atoms with Crippen molar-refractivity contribution in [2.45, 2.75) is 57.1 Å². The lowest BCUT2D eigenvalue weighted by atomic mass is 10.0. The number of halogens is 1. The molecule has 1 aromatic heterocycles. The number of fused-ring (bicyclic) bond motifs is 1. The average molecular weight is 635 g/mol. The molecule has 0 fully saturated rings. The number of nitriles is 1. The summed E-state index contributed by atoms with van der Waals surface area (Å²) in [5.41, 5.74) is 3.27. The molecule has 0 aliphatic carbocycles. The van der Waals surface area contributed by atoms with E-state index in [1.165, 1.54) is 12.1 Å². The van der Waals surface area contributed by atoms with Crippen LogP contribution in [0.3, 0.4) is 0 Å². The second-order valence-corrected chi connectivity index (χ2v) is 12.5. The van der Waals surface area contributed by atoms with Gasteiger partial charge < -0.3 is 4.74 Å². The number of hydrogen-bond acceptors (Lipinski definition) is 9. The Hall–Kier alpha value is -4.38. The molecule has 1 unspecified atom stereocenters. The lowest BCUT2D eigenvalue weighted by Crippen LogP contribution is -2.41. The Morgan fingerprint density at radius 2 is 1.95 bits per heavy atom. The zero-order valence-electron chi connectivity index (χ0n) is 24.7. The number of amidine groups is 1. The van der Waals surface area contributed by atoms with Crippen molar-refractivity contribution in [1.29, 1.82) is 5.26 Å². The zero-order valence-corrected chi connectivity index (χ0v) is 26.2. The second kappa shape index (κ2) is 12.7. The number of likely N-dealkylation sites (N-methyl/N-ethyl adjacent to an activating group) is 1. The van der Waals surface area contributed by atoms with E-state index in [2.05, 4.69) is 24.9 Å². The molecule has 1 N–H and O–H groups in total. The highest BCUT2D eigenvalue weighted by atomic mass is 35.5. The molecule has 0 radical (unpaired) electrons. The van der Waals surface area contributed by atoms with Crippen LogP contribution < -0.4 is 9.46 Å². The van der Waals surface area contributed by atoms with E-state index in [0.717, 1.165) is 12.0 Å². The summed E-state index contributed by atoms with van der Waals surface area (Å²) in [4.78, 5) is 21.9. The number of hydrazone groups is 1. The van der Waals surface area contributed by atoms with Gasteiger partial charge in [-0.15, -0.1) is 0 Å².